The van der Waals surface area contributed by atoms with Gasteiger partial charge < -0.3 is 0 Å². The molecule has 1 aliphatic heterocycles. The fraction of sp³-hybridized carbons (Fsp3) is 0.400. The first kappa shape index (κ1) is 15.6. The number of hydrogen-bond donors (Lipinski definition) is 1. The first-order valence-electron chi connectivity index (χ1n) is 6.84. The zero-order valence-electron chi connectivity index (χ0n) is 12.3. The van der Waals surface area contributed by atoms with E-state index in [1.54, 1.807) is 32.0 Å². The molecule has 0 saturated carbocycles. The quantitative estimate of drug-likeness (QED) is 0.686. The molecular formula is C15H18N2O3S. The molecule has 1 aromatic rings. The summed E-state index contributed by atoms with van der Waals surface area (Å²) in [6.07, 6.45) is 2.64. The number of carbonyl (C=O) groups excluding carboxylic acids is 3. The second-order valence-electron chi connectivity index (χ2n) is 4.89. The molecule has 21 heavy (non-hydrogen) atoms. The minimum Gasteiger partial charge on any atom is -0.276 e. The zero-order valence-corrected chi connectivity index (χ0v) is 13.1. The smallest absolute Gasteiger partial charge is 0.276 e. The second kappa shape index (κ2) is 5.89. The first-order valence-corrected chi connectivity index (χ1v) is 8.06. The van der Waals surface area contributed by atoms with E-state index in [0.717, 1.165) is 9.80 Å². The van der Waals surface area contributed by atoms with E-state index in [-0.39, 0.29) is 0 Å². The van der Waals surface area contributed by atoms with Gasteiger partial charge in [0, 0.05) is 4.90 Å². The van der Waals surface area contributed by atoms with Crippen LogP contribution >= 0.6 is 11.8 Å². The largest absolute Gasteiger partial charge is 0.335 e. The SMILES string of the molecule is CCC1(CC)C(=O)NC(=O)N(c2cccc(SC)c2)C1=O. The Labute approximate surface area is 128 Å². The van der Waals surface area contributed by atoms with Crippen molar-refractivity contribution in [2.24, 2.45) is 5.41 Å². The Hall–Kier alpha value is -1.82. The maximum atomic E-state index is 12.8. The summed E-state index contributed by atoms with van der Waals surface area (Å²) in [5, 5.41) is 2.31. The fourth-order valence-electron chi connectivity index (χ4n) is 2.53. The fourth-order valence-corrected chi connectivity index (χ4v) is 2.99. The van der Waals surface area contributed by atoms with E-state index in [4.69, 9.17) is 0 Å². The maximum Gasteiger partial charge on any atom is 0.335 e. The molecule has 1 saturated heterocycles. The predicted molar refractivity (Wildman–Crippen MR) is 82.3 cm³/mol. The molecule has 2 rings (SSSR count). The van der Waals surface area contributed by atoms with Crippen LogP contribution in [-0.4, -0.2) is 24.1 Å². The molecule has 0 atom stereocenters. The molecule has 0 radical (unpaired) electrons. The zero-order chi connectivity index (χ0) is 15.6. The molecule has 1 fully saturated rings. The van der Waals surface area contributed by atoms with Gasteiger partial charge >= 0.3 is 6.03 Å². The minimum atomic E-state index is -1.16. The normalized spacial score (nSPS) is 17.9. The number of barbiturate groups is 1. The van der Waals surface area contributed by atoms with Gasteiger partial charge in [0.1, 0.15) is 5.41 Å². The number of amides is 4. The van der Waals surface area contributed by atoms with Crippen LogP contribution in [0.25, 0.3) is 0 Å². The van der Waals surface area contributed by atoms with Gasteiger partial charge in [0.15, 0.2) is 0 Å². The lowest BCUT2D eigenvalue weighted by Gasteiger charge is -2.38. The van der Waals surface area contributed by atoms with Gasteiger partial charge in [-0.1, -0.05) is 19.9 Å². The Bertz CT molecular complexity index is 596. The predicted octanol–water partition coefficient (Wildman–Crippen LogP) is 2.80. The average Bonchev–Trinajstić information content (AvgIpc) is 2.48. The maximum absolute atomic E-state index is 12.8. The van der Waals surface area contributed by atoms with E-state index in [0.29, 0.717) is 18.5 Å². The van der Waals surface area contributed by atoms with Crippen molar-refractivity contribution in [1.29, 1.82) is 0 Å². The highest BCUT2D eigenvalue weighted by atomic mass is 32.2. The molecule has 1 N–H and O–H groups in total. The topological polar surface area (TPSA) is 66.5 Å². The number of hydrogen-bond acceptors (Lipinski definition) is 4. The van der Waals surface area contributed by atoms with Crippen molar-refractivity contribution in [3.8, 4) is 0 Å². The van der Waals surface area contributed by atoms with Crippen molar-refractivity contribution in [3.05, 3.63) is 24.3 Å². The second-order valence-corrected chi connectivity index (χ2v) is 5.77. The third kappa shape index (κ3) is 2.44. The number of imide groups is 2. The third-order valence-electron chi connectivity index (χ3n) is 3.99. The van der Waals surface area contributed by atoms with Gasteiger partial charge in [-0.3, -0.25) is 14.9 Å². The standard InChI is InChI=1S/C15H18N2O3S/c1-4-15(5-2)12(18)16-14(20)17(13(15)19)10-7-6-8-11(9-10)21-3/h6-9H,4-5H2,1-3H3,(H,16,18,20). The van der Waals surface area contributed by atoms with E-state index in [9.17, 15) is 14.4 Å². The Morgan fingerprint density at radius 1 is 1.19 bits per heavy atom. The number of nitrogens with zero attached hydrogens (tertiary/aromatic N) is 1. The molecule has 1 aromatic carbocycles. The van der Waals surface area contributed by atoms with Crippen LogP contribution in [0.4, 0.5) is 10.5 Å². The summed E-state index contributed by atoms with van der Waals surface area (Å²) in [5.41, 5.74) is -0.674. The van der Waals surface area contributed by atoms with Crippen molar-refractivity contribution in [2.75, 3.05) is 11.2 Å². The molecule has 1 heterocycles. The number of carbonyl (C=O) groups is 3. The lowest BCUT2D eigenvalue weighted by Crippen LogP contribution is -2.63. The molecule has 0 unspecified atom stereocenters. The van der Waals surface area contributed by atoms with Gasteiger partial charge in [0.25, 0.3) is 5.91 Å². The molecular weight excluding hydrogens is 288 g/mol. The number of rotatable bonds is 4. The van der Waals surface area contributed by atoms with Gasteiger partial charge in [-0.25, -0.2) is 9.69 Å². The molecule has 0 spiro atoms. The molecule has 1 aliphatic rings. The molecule has 6 heteroatoms. The molecule has 5 nitrogen and oxygen atoms in total. The summed E-state index contributed by atoms with van der Waals surface area (Å²) in [5.74, 6) is -0.945. The number of benzene rings is 1. The summed E-state index contributed by atoms with van der Waals surface area (Å²) in [6, 6.07) is 6.48. The number of urea groups is 1. The van der Waals surface area contributed by atoms with Crippen LogP contribution in [0, 0.1) is 5.41 Å². The van der Waals surface area contributed by atoms with Crippen LogP contribution in [-0.2, 0) is 9.59 Å². The Balaban J connectivity index is 2.49. The van der Waals surface area contributed by atoms with E-state index >= 15 is 0 Å². The Kier molecular flexibility index (Phi) is 4.37. The minimum absolute atomic E-state index is 0.361. The number of anilines is 1. The monoisotopic (exact) mass is 306 g/mol. The van der Waals surface area contributed by atoms with Crippen molar-refractivity contribution in [3.63, 3.8) is 0 Å². The van der Waals surface area contributed by atoms with Crippen molar-refractivity contribution in [2.45, 2.75) is 31.6 Å². The van der Waals surface area contributed by atoms with E-state index in [2.05, 4.69) is 5.32 Å². The van der Waals surface area contributed by atoms with Gasteiger partial charge in [-0.15, -0.1) is 11.8 Å². The Morgan fingerprint density at radius 2 is 1.86 bits per heavy atom. The Morgan fingerprint density at radius 3 is 2.43 bits per heavy atom. The van der Waals surface area contributed by atoms with Crippen LogP contribution in [0.5, 0.6) is 0 Å². The third-order valence-corrected chi connectivity index (χ3v) is 4.71. The average molecular weight is 306 g/mol. The molecule has 0 aliphatic carbocycles. The summed E-state index contributed by atoms with van der Waals surface area (Å²) >= 11 is 1.52. The van der Waals surface area contributed by atoms with Gasteiger partial charge in [-0.2, -0.15) is 0 Å². The van der Waals surface area contributed by atoms with Gasteiger partial charge in [0.05, 0.1) is 5.69 Å². The summed E-state index contributed by atoms with van der Waals surface area (Å²) in [6.45, 7) is 3.57. The lowest BCUT2D eigenvalue weighted by atomic mass is 9.78. The molecule has 0 aromatic heterocycles. The molecule has 0 bridgehead atoms. The highest BCUT2D eigenvalue weighted by Gasteiger charge is 2.51. The van der Waals surface area contributed by atoms with E-state index < -0.39 is 23.3 Å². The van der Waals surface area contributed by atoms with Crippen LogP contribution in [0.1, 0.15) is 26.7 Å². The van der Waals surface area contributed by atoms with Crippen LogP contribution < -0.4 is 10.2 Å². The van der Waals surface area contributed by atoms with Crippen LogP contribution in [0.15, 0.2) is 29.2 Å². The summed E-state index contributed by atoms with van der Waals surface area (Å²) in [7, 11) is 0. The number of nitrogens with one attached hydrogen (secondary N) is 1. The molecule has 112 valence electrons. The lowest BCUT2D eigenvalue weighted by molar-refractivity contribution is -0.143. The summed E-state index contributed by atoms with van der Waals surface area (Å²) in [4.78, 5) is 39.0. The summed E-state index contributed by atoms with van der Waals surface area (Å²) < 4.78 is 0. The van der Waals surface area contributed by atoms with Crippen LogP contribution in [0.3, 0.4) is 0 Å². The van der Waals surface area contributed by atoms with Gasteiger partial charge in [-0.05, 0) is 37.3 Å². The number of thioether (sulfide) groups is 1. The highest BCUT2D eigenvalue weighted by molar-refractivity contribution is 7.98. The van der Waals surface area contributed by atoms with E-state index in [1.165, 1.54) is 11.8 Å². The van der Waals surface area contributed by atoms with Gasteiger partial charge in [0.2, 0.25) is 5.91 Å². The first-order chi connectivity index (χ1) is 10.00. The highest BCUT2D eigenvalue weighted by Crippen LogP contribution is 2.35. The molecule has 4 amide bonds. The van der Waals surface area contributed by atoms with E-state index in [1.807, 2.05) is 12.3 Å². The van der Waals surface area contributed by atoms with Crippen molar-refractivity contribution < 1.29 is 14.4 Å². The van der Waals surface area contributed by atoms with Crippen molar-refractivity contribution >= 4 is 35.3 Å². The van der Waals surface area contributed by atoms with Crippen LogP contribution in [0.2, 0.25) is 0 Å². The van der Waals surface area contributed by atoms with Crippen molar-refractivity contribution in [1.82, 2.24) is 5.32 Å².